The summed E-state index contributed by atoms with van der Waals surface area (Å²) in [5.41, 5.74) is 4.67. The number of ether oxygens (including phenoxy) is 1. The lowest BCUT2D eigenvalue weighted by Gasteiger charge is -2.20. The summed E-state index contributed by atoms with van der Waals surface area (Å²) >= 11 is 0. The van der Waals surface area contributed by atoms with Gasteiger partial charge in [-0.05, 0) is 41.5 Å². The first-order valence-electron chi connectivity index (χ1n) is 12.6. The van der Waals surface area contributed by atoms with E-state index in [1.54, 1.807) is 0 Å². The van der Waals surface area contributed by atoms with Crippen molar-refractivity contribution < 1.29 is 24.2 Å². The molecule has 0 saturated carbocycles. The smallest absolute Gasteiger partial charge is 0.407 e. The molecule has 1 aliphatic carbocycles. The molecule has 0 aromatic heterocycles. The number of carbonyl (C=O) groups excluding carboxylic acids is 2. The summed E-state index contributed by atoms with van der Waals surface area (Å²) in [5, 5.41) is 14.4. The second kappa shape index (κ2) is 13.5. The molecule has 1 aliphatic rings. The van der Waals surface area contributed by atoms with Gasteiger partial charge < -0.3 is 20.5 Å². The van der Waals surface area contributed by atoms with Crippen LogP contribution in [-0.2, 0) is 14.3 Å². The molecule has 3 N–H and O–H groups in total. The maximum absolute atomic E-state index is 12.7. The lowest BCUT2D eigenvalue weighted by atomic mass is 9.98. The Bertz CT molecular complexity index is 961. The summed E-state index contributed by atoms with van der Waals surface area (Å²) in [5.74, 6) is -0.929. The van der Waals surface area contributed by atoms with E-state index in [-0.39, 0.29) is 37.3 Å². The van der Waals surface area contributed by atoms with Gasteiger partial charge in [-0.3, -0.25) is 9.59 Å². The van der Waals surface area contributed by atoms with E-state index in [1.165, 1.54) is 11.1 Å². The van der Waals surface area contributed by atoms with Gasteiger partial charge in [-0.25, -0.2) is 4.79 Å². The zero-order valence-electron chi connectivity index (χ0n) is 20.4. The number of nitrogens with one attached hydrogen (secondary N) is 2. The predicted molar refractivity (Wildman–Crippen MR) is 135 cm³/mol. The fourth-order valence-electron chi connectivity index (χ4n) is 4.58. The maximum atomic E-state index is 12.7. The van der Waals surface area contributed by atoms with E-state index in [4.69, 9.17) is 9.84 Å². The average molecular weight is 481 g/mol. The number of carbonyl (C=O) groups is 3. The van der Waals surface area contributed by atoms with Crippen LogP contribution in [0.3, 0.4) is 0 Å². The predicted octanol–water partition coefficient (Wildman–Crippen LogP) is 5.24. The largest absolute Gasteiger partial charge is 0.481 e. The van der Waals surface area contributed by atoms with Gasteiger partial charge in [0.2, 0.25) is 5.91 Å². The Labute approximate surface area is 207 Å². The lowest BCUT2D eigenvalue weighted by Crippen LogP contribution is -2.40. The van der Waals surface area contributed by atoms with Crippen LogP contribution in [0, 0.1) is 0 Å². The van der Waals surface area contributed by atoms with E-state index in [1.807, 2.05) is 24.3 Å². The molecule has 0 heterocycles. The molecule has 0 aliphatic heterocycles. The lowest BCUT2D eigenvalue weighted by molar-refractivity contribution is -0.137. The fraction of sp³-hybridized carbons (Fsp3) is 0.464. The SMILES string of the molecule is CCCC[C@@H](CC(=O)NCCCCCC(=O)O)NC(=O)OCC1c2ccccc2-c2ccccc21. The minimum atomic E-state index is -0.799. The van der Waals surface area contributed by atoms with Crippen molar-refractivity contribution in [3.05, 3.63) is 59.7 Å². The van der Waals surface area contributed by atoms with Gasteiger partial charge in [0, 0.05) is 31.3 Å². The van der Waals surface area contributed by atoms with Crippen LogP contribution in [0.15, 0.2) is 48.5 Å². The van der Waals surface area contributed by atoms with Crippen LogP contribution in [-0.4, -0.2) is 42.3 Å². The third kappa shape index (κ3) is 7.84. The molecule has 0 saturated heterocycles. The zero-order valence-corrected chi connectivity index (χ0v) is 20.4. The van der Waals surface area contributed by atoms with E-state index in [0.29, 0.717) is 19.4 Å². The highest BCUT2D eigenvalue weighted by molar-refractivity contribution is 5.79. The second-order valence-corrected chi connectivity index (χ2v) is 9.07. The van der Waals surface area contributed by atoms with Crippen molar-refractivity contribution in [3.63, 3.8) is 0 Å². The van der Waals surface area contributed by atoms with E-state index in [9.17, 15) is 14.4 Å². The Balaban J connectivity index is 1.48. The Morgan fingerprint density at radius 3 is 2.23 bits per heavy atom. The summed E-state index contributed by atoms with van der Waals surface area (Å²) in [4.78, 5) is 35.6. The summed E-state index contributed by atoms with van der Waals surface area (Å²) < 4.78 is 5.65. The quantitative estimate of drug-likeness (QED) is 0.321. The normalized spacial score (nSPS) is 12.9. The number of carboxylic acid groups (broad SMARTS) is 1. The molecule has 2 aromatic carbocycles. The summed E-state index contributed by atoms with van der Waals surface area (Å²) in [7, 11) is 0. The molecule has 0 bridgehead atoms. The van der Waals surface area contributed by atoms with Gasteiger partial charge in [0.1, 0.15) is 6.61 Å². The second-order valence-electron chi connectivity index (χ2n) is 9.07. The third-order valence-electron chi connectivity index (χ3n) is 6.39. The standard InChI is InChI=1S/C28H36N2O5/c1-2-3-11-20(18-26(31)29-17-10-4-5-16-27(32)33)30-28(34)35-19-25-23-14-8-6-12-21(23)22-13-7-9-15-24(22)25/h6-9,12-15,20,25H,2-5,10-11,16-19H2,1H3,(H,29,31)(H,30,34)(H,32,33)/t20-/m0/s1. The van der Waals surface area contributed by atoms with Crippen LogP contribution >= 0.6 is 0 Å². The molecular formula is C28H36N2O5. The van der Waals surface area contributed by atoms with Gasteiger partial charge in [-0.15, -0.1) is 0 Å². The van der Waals surface area contributed by atoms with Crippen LogP contribution in [0.25, 0.3) is 11.1 Å². The van der Waals surface area contributed by atoms with Crippen molar-refractivity contribution in [1.82, 2.24) is 10.6 Å². The molecule has 2 aromatic rings. The molecule has 0 fully saturated rings. The van der Waals surface area contributed by atoms with Crippen molar-refractivity contribution in [2.45, 2.75) is 70.3 Å². The van der Waals surface area contributed by atoms with E-state index < -0.39 is 12.1 Å². The minimum absolute atomic E-state index is 0.00772. The molecule has 7 heteroatoms. The average Bonchev–Trinajstić information content (AvgIpc) is 3.17. The molecule has 35 heavy (non-hydrogen) atoms. The van der Waals surface area contributed by atoms with Crippen LogP contribution < -0.4 is 10.6 Å². The van der Waals surface area contributed by atoms with Crippen LogP contribution in [0.2, 0.25) is 0 Å². The molecule has 188 valence electrons. The highest BCUT2D eigenvalue weighted by Crippen LogP contribution is 2.44. The Hall–Kier alpha value is -3.35. The monoisotopic (exact) mass is 480 g/mol. The molecule has 1 atom stereocenters. The molecule has 7 nitrogen and oxygen atoms in total. The van der Waals surface area contributed by atoms with Crippen LogP contribution in [0.1, 0.15) is 75.3 Å². The Kier molecular flexibility index (Phi) is 10.1. The first kappa shape index (κ1) is 26.3. The fourth-order valence-corrected chi connectivity index (χ4v) is 4.58. The Morgan fingerprint density at radius 2 is 1.60 bits per heavy atom. The van der Waals surface area contributed by atoms with Gasteiger partial charge in [0.25, 0.3) is 0 Å². The molecule has 0 spiro atoms. The van der Waals surface area contributed by atoms with Gasteiger partial charge in [-0.2, -0.15) is 0 Å². The highest BCUT2D eigenvalue weighted by atomic mass is 16.5. The molecule has 2 amide bonds. The number of hydrogen-bond donors (Lipinski definition) is 3. The van der Waals surface area contributed by atoms with Crippen molar-refractivity contribution in [2.75, 3.05) is 13.2 Å². The maximum Gasteiger partial charge on any atom is 0.407 e. The molecule has 0 radical (unpaired) electrons. The Morgan fingerprint density at radius 1 is 0.943 bits per heavy atom. The number of carboxylic acids is 1. The summed E-state index contributed by atoms with van der Waals surface area (Å²) in [6.45, 7) is 2.81. The van der Waals surface area contributed by atoms with Gasteiger partial charge in [0.15, 0.2) is 0 Å². The molecular weight excluding hydrogens is 444 g/mol. The van der Waals surface area contributed by atoms with E-state index in [0.717, 1.165) is 36.8 Å². The van der Waals surface area contributed by atoms with Crippen LogP contribution in [0.4, 0.5) is 4.79 Å². The van der Waals surface area contributed by atoms with Crippen molar-refractivity contribution in [1.29, 1.82) is 0 Å². The number of hydrogen-bond acceptors (Lipinski definition) is 4. The molecule has 0 unspecified atom stereocenters. The third-order valence-corrected chi connectivity index (χ3v) is 6.39. The number of fused-ring (bicyclic) bond motifs is 3. The number of amides is 2. The molecule has 3 rings (SSSR count). The highest BCUT2D eigenvalue weighted by Gasteiger charge is 2.29. The van der Waals surface area contributed by atoms with E-state index in [2.05, 4.69) is 41.8 Å². The zero-order chi connectivity index (χ0) is 25.0. The van der Waals surface area contributed by atoms with Crippen molar-refractivity contribution in [3.8, 4) is 11.1 Å². The summed E-state index contributed by atoms with van der Waals surface area (Å²) in [6, 6.07) is 16.1. The van der Waals surface area contributed by atoms with E-state index >= 15 is 0 Å². The number of alkyl carbamates (subject to hydrolysis) is 1. The first-order chi connectivity index (χ1) is 17.0. The summed E-state index contributed by atoms with van der Waals surface area (Å²) in [6.07, 6.45) is 4.50. The van der Waals surface area contributed by atoms with Crippen molar-refractivity contribution >= 4 is 18.0 Å². The topological polar surface area (TPSA) is 105 Å². The number of aliphatic carboxylic acids is 1. The van der Waals surface area contributed by atoms with Gasteiger partial charge in [-0.1, -0.05) is 74.7 Å². The minimum Gasteiger partial charge on any atom is -0.481 e. The van der Waals surface area contributed by atoms with Crippen LogP contribution in [0.5, 0.6) is 0 Å². The number of unbranched alkanes of at least 4 members (excludes halogenated alkanes) is 3. The number of benzene rings is 2. The van der Waals surface area contributed by atoms with Crippen molar-refractivity contribution in [2.24, 2.45) is 0 Å². The number of rotatable bonds is 14. The van der Waals surface area contributed by atoms with Gasteiger partial charge >= 0.3 is 12.1 Å². The van der Waals surface area contributed by atoms with Gasteiger partial charge in [0.05, 0.1) is 0 Å². The first-order valence-corrected chi connectivity index (χ1v) is 12.6.